The van der Waals surface area contributed by atoms with E-state index in [9.17, 15) is 0 Å². The van der Waals surface area contributed by atoms with Crippen LogP contribution in [0.2, 0.25) is 0 Å². The van der Waals surface area contributed by atoms with Crippen LogP contribution in [0.4, 0.5) is 5.95 Å². The minimum Gasteiger partial charge on any atom is -0.377 e. The highest BCUT2D eigenvalue weighted by Gasteiger charge is 2.64. The first-order chi connectivity index (χ1) is 12.4. The summed E-state index contributed by atoms with van der Waals surface area (Å²) in [5, 5.41) is 4.02. The van der Waals surface area contributed by atoms with Gasteiger partial charge < -0.3 is 15.0 Å². The first-order valence-electron chi connectivity index (χ1n) is 10.2. The molecule has 2 saturated heterocycles. The number of fused-ring (bicyclic) bond motifs is 2. The van der Waals surface area contributed by atoms with E-state index in [1.165, 1.54) is 44.9 Å². The number of ether oxygens (including phenoxy) is 1. The Morgan fingerprint density at radius 3 is 2.84 bits per heavy atom. The monoisotopic (exact) mass is 342 g/mol. The van der Waals surface area contributed by atoms with E-state index >= 15 is 0 Å². The first kappa shape index (κ1) is 16.0. The molecule has 0 amide bonds. The third kappa shape index (κ3) is 2.67. The molecule has 0 bridgehead atoms. The third-order valence-corrected chi connectivity index (χ3v) is 7.27. The maximum atomic E-state index is 6.12. The number of hydrogen-bond donors (Lipinski definition) is 1. The lowest BCUT2D eigenvalue weighted by Gasteiger charge is -2.57. The summed E-state index contributed by atoms with van der Waals surface area (Å²) in [4.78, 5) is 11.2. The lowest BCUT2D eigenvalue weighted by atomic mass is 9.54. The summed E-state index contributed by atoms with van der Waals surface area (Å²) >= 11 is 0. The van der Waals surface area contributed by atoms with E-state index in [1.807, 2.05) is 18.5 Å². The van der Waals surface area contributed by atoms with Gasteiger partial charge in [0, 0.05) is 49.5 Å². The van der Waals surface area contributed by atoms with Gasteiger partial charge in [0.1, 0.15) is 0 Å². The van der Waals surface area contributed by atoms with E-state index in [1.54, 1.807) is 0 Å². The molecule has 5 rings (SSSR count). The van der Waals surface area contributed by atoms with Crippen molar-refractivity contribution in [2.24, 2.45) is 17.3 Å². The Bertz CT molecular complexity index is 589. The molecule has 1 N–H and O–H groups in total. The molecule has 1 aromatic rings. The molecule has 25 heavy (non-hydrogen) atoms. The van der Waals surface area contributed by atoms with Crippen molar-refractivity contribution in [3.63, 3.8) is 0 Å². The predicted octanol–water partition coefficient (Wildman–Crippen LogP) is 2.63. The van der Waals surface area contributed by atoms with E-state index in [2.05, 4.69) is 20.2 Å². The van der Waals surface area contributed by atoms with Crippen molar-refractivity contribution >= 4 is 5.95 Å². The standard InChI is InChI=1S/C20H30N4O/c1-2-8-20(7-1)17(16-6-12-25-18(16)20)23-13-15-5-3-11-24(14-15)19-21-9-4-10-22-19/h4,9-10,15-18,23H,1-3,5-8,11-14H2/t15-,16-,17-,18+/m1/s1. The molecule has 4 aliphatic rings. The quantitative estimate of drug-likeness (QED) is 0.911. The highest BCUT2D eigenvalue weighted by atomic mass is 16.5. The fraction of sp³-hybridized carbons (Fsp3) is 0.800. The van der Waals surface area contributed by atoms with E-state index < -0.39 is 0 Å². The largest absolute Gasteiger partial charge is 0.377 e. The third-order valence-electron chi connectivity index (χ3n) is 7.27. The van der Waals surface area contributed by atoms with E-state index in [0.29, 0.717) is 23.5 Å². The average Bonchev–Trinajstić information content (AvgIpc) is 3.32. The summed E-state index contributed by atoms with van der Waals surface area (Å²) in [6.45, 7) is 4.30. The number of nitrogens with one attached hydrogen (secondary N) is 1. The molecule has 136 valence electrons. The van der Waals surface area contributed by atoms with Crippen LogP contribution in [0.3, 0.4) is 0 Å². The highest BCUT2D eigenvalue weighted by molar-refractivity contribution is 5.29. The first-order valence-corrected chi connectivity index (χ1v) is 10.2. The van der Waals surface area contributed by atoms with Gasteiger partial charge in [0.05, 0.1) is 6.10 Å². The summed E-state index contributed by atoms with van der Waals surface area (Å²) < 4.78 is 6.12. The van der Waals surface area contributed by atoms with Crippen LogP contribution in [0.1, 0.15) is 44.9 Å². The van der Waals surface area contributed by atoms with Gasteiger partial charge >= 0.3 is 0 Å². The smallest absolute Gasteiger partial charge is 0.225 e. The topological polar surface area (TPSA) is 50.3 Å². The molecule has 2 saturated carbocycles. The fourth-order valence-electron chi connectivity index (χ4n) is 6.17. The Balaban J connectivity index is 1.21. The van der Waals surface area contributed by atoms with Crippen LogP contribution in [0.5, 0.6) is 0 Å². The van der Waals surface area contributed by atoms with E-state index in [4.69, 9.17) is 4.74 Å². The van der Waals surface area contributed by atoms with Crippen molar-refractivity contribution in [2.45, 2.75) is 57.1 Å². The molecule has 3 heterocycles. The van der Waals surface area contributed by atoms with Crippen LogP contribution in [0.15, 0.2) is 18.5 Å². The van der Waals surface area contributed by atoms with Crippen LogP contribution in [0, 0.1) is 17.3 Å². The Morgan fingerprint density at radius 2 is 2.00 bits per heavy atom. The number of anilines is 1. The van der Waals surface area contributed by atoms with Crippen molar-refractivity contribution < 1.29 is 4.74 Å². The molecule has 0 radical (unpaired) electrons. The fourth-order valence-corrected chi connectivity index (χ4v) is 6.17. The Morgan fingerprint density at radius 1 is 1.16 bits per heavy atom. The molecule has 4 atom stereocenters. The normalized spacial score (nSPS) is 36.4. The zero-order chi connectivity index (χ0) is 16.7. The molecule has 5 heteroatoms. The van der Waals surface area contributed by atoms with Gasteiger partial charge in [-0.25, -0.2) is 9.97 Å². The SMILES string of the molecule is c1cnc(N2CCC[C@H](CN[C@@H]3[C@H]4CCO[C@@H]4C34CCCC4)C2)nc1. The second-order valence-corrected chi connectivity index (χ2v) is 8.57. The minimum atomic E-state index is 0.470. The zero-order valence-corrected chi connectivity index (χ0v) is 15.1. The lowest BCUT2D eigenvalue weighted by molar-refractivity contribution is -0.131. The Labute approximate surface area is 150 Å². The predicted molar refractivity (Wildman–Crippen MR) is 97.5 cm³/mol. The van der Waals surface area contributed by atoms with Gasteiger partial charge in [0.2, 0.25) is 5.95 Å². The minimum absolute atomic E-state index is 0.470. The summed E-state index contributed by atoms with van der Waals surface area (Å²) in [6, 6.07) is 2.59. The maximum absolute atomic E-state index is 6.12. The van der Waals surface area contributed by atoms with Gasteiger partial charge in [0.25, 0.3) is 0 Å². The molecule has 0 unspecified atom stereocenters. The van der Waals surface area contributed by atoms with Gasteiger partial charge in [0.15, 0.2) is 0 Å². The van der Waals surface area contributed by atoms with Crippen molar-refractivity contribution in [1.82, 2.24) is 15.3 Å². The molecule has 1 aromatic heterocycles. The number of aromatic nitrogens is 2. The molecule has 5 nitrogen and oxygen atoms in total. The Kier molecular flexibility index (Phi) is 4.17. The number of hydrogen-bond acceptors (Lipinski definition) is 5. The molecule has 1 spiro atoms. The van der Waals surface area contributed by atoms with Crippen LogP contribution < -0.4 is 10.2 Å². The lowest BCUT2D eigenvalue weighted by Crippen LogP contribution is -2.68. The van der Waals surface area contributed by atoms with Crippen molar-refractivity contribution in [3.05, 3.63) is 18.5 Å². The molecule has 4 fully saturated rings. The second kappa shape index (κ2) is 6.51. The summed E-state index contributed by atoms with van der Waals surface area (Å²) in [7, 11) is 0. The van der Waals surface area contributed by atoms with Gasteiger partial charge in [-0.1, -0.05) is 12.8 Å². The molecule has 2 aliphatic heterocycles. The van der Waals surface area contributed by atoms with Gasteiger partial charge in [-0.05, 0) is 50.6 Å². The zero-order valence-electron chi connectivity index (χ0n) is 15.1. The van der Waals surface area contributed by atoms with Gasteiger partial charge in [-0.15, -0.1) is 0 Å². The van der Waals surface area contributed by atoms with Gasteiger partial charge in [-0.3, -0.25) is 0 Å². The van der Waals surface area contributed by atoms with Crippen molar-refractivity contribution in [3.8, 4) is 0 Å². The van der Waals surface area contributed by atoms with Gasteiger partial charge in [-0.2, -0.15) is 0 Å². The average molecular weight is 342 g/mol. The van der Waals surface area contributed by atoms with E-state index in [0.717, 1.165) is 38.1 Å². The van der Waals surface area contributed by atoms with E-state index in [-0.39, 0.29) is 0 Å². The summed E-state index contributed by atoms with van der Waals surface area (Å²) in [5.74, 6) is 2.37. The molecule has 2 aliphatic carbocycles. The number of piperidine rings is 1. The second-order valence-electron chi connectivity index (χ2n) is 8.57. The highest BCUT2D eigenvalue weighted by Crippen LogP contribution is 2.60. The molecular formula is C20H30N4O. The summed E-state index contributed by atoms with van der Waals surface area (Å²) in [6.07, 6.45) is 13.6. The van der Waals surface area contributed by atoms with Crippen LogP contribution in [-0.2, 0) is 4.74 Å². The number of rotatable bonds is 4. The van der Waals surface area contributed by atoms with Crippen LogP contribution in [-0.4, -0.2) is 48.4 Å². The van der Waals surface area contributed by atoms with Crippen LogP contribution >= 0.6 is 0 Å². The summed E-state index contributed by atoms with van der Waals surface area (Å²) in [5.41, 5.74) is 0.470. The van der Waals surface area contributed by atoms with Crippen LogP contribution in [0.25, 0.3) is 0 Å². The Hall–Kier alpha value is -1.20. The van der Waals surface area contributed by atoms with Crippen molar-refractivity contribution in [1.29, 1.82) is 0 Å². The molecular weight excluding hydrogens is 312 g/mol. The van der Waals surface area contributed by atoms with Crippen molar-refractivity contribution in [2.75, 3.05) is 31.1 Å². The molecule has 0 aromatic carbocycles. The maximum Gasteiger partial charge on any atom is 0.225 e. The number of nitrogens with zero attached hydrogens (tertiary/aromatic N) is 3.